The first-order valence-electron chi connectivity index (χ1n) is 9.61. The number of para-hydroxylation sites is 2. The predicted octanol–water partition coefficient (Wildman–Crippen LogP) is 3.34. The van der Waals surface area contributed by atoms with Crippen LogP contribution in [0.3, 0.4) is 0 Å². The van der Waals surface area contributed by atoms with Gasteiger partial charge in [0, 0.05) is 23.5 Å². The summed E-state index contributed by atoms with van der Waals surface area (Å²) in [6.45, 7) is 2.22. The number of H-pyrrole nitrogens is 1. The maximum Gasteiger partial charge on any atom is 0.142 e. The highest BCUT2D eigenvalue weighted by molar-refractivity contribution is 5.83. The minimum Gasteiger partial charge on any atom is -0.383 e. The number of hydrogen-bond donors (Lipinski definition) is 2. The Morgan fingerprint density at radius 3 is 2.75 bits per heavy atom. The Morgan fingerprint density at radius 2 is 1.93 bits per heavy atom. The maximum absolute atomic E-state index is 6.16. The molecule has 4 aromatic rings. The molecule has 7 nitrogen and oxygen atoms in total. The van der Waals surface area contributed by atoms with Gasteiger partial charge in [0.1, 0.15) is 11.6 Å². The number of aromatic amines is 1. The SMILES string of the molecule is CN1CCC(n2cc(-c3cnc(N)c(-c4nc5ccccc5[nH]4)c3)cn2)CC1. The van der Waals surface area contributed by atoms with Gasteiger partial charge in [0.15, 0.2) is 0 Å². The summed E-state index contributed by atoms with van der Waals surface area (Å²) >= 11 is 0. The first kappa shape index (κ1) is 16.9. The quantitative estimate of drug-likeness (QED) is 0.575. The first-order valence-corrected chi connectivity index (χ1v) is 9.61. The lowest BCUT2D eigenvalue weighted by Crippen LogP contribution is -2.31. The Labute approximate surface area is 163 Å². The van der Waals surface area contributed by atoms with Crippen molar-refractivity contribution >= 4 is 16.9 Å². The molecule has 1 saturated heterocycles. The molecular weight excluding hydrogens is 350 g/mol. The molecule has 1 fully saturated rings. The van der Waals surface area contributed by atoms with Gasteiger partial charge >= 0.3 is 0 Å². The van der Waals surface area contributed by atoms with Crippen LogP contribution in [0, 0.1) is 0 Å². The van der Waals surface area contributed by atoms with E-state index in [1.54, 1.807) is 6.20 Å². The molecule has 4 heterocycles. The third-order valence-electron chi connectivity index (χ3n) is 5.56. The molecule has 0 radical (unpaired) electrons. The Kier molecular flexibility index (Phi) is 4.09. The average Bonchev–Trinajstić information content (AvgIpc) is 3.36. The second kappa shape index (κ2) is 6.76. The molecule has 5 rings (SSSR count). The summed E-state index contributed by atoms with van der Waals surface area (Å²) in [5.74, 6) is 1.20. The number of piperidine rings is 1. The zero-order chi connectivity index (χ0) is 19.1. The number of fused-ring (bicyclic) bond motifs is 1. The number of rotatable bonds is 3. The molecule has 0 spiro atoms. The molecular formula is C21H23N7. The average molecular weight is 373 g/mol. The summed E-state index contributed by atoms with van der Waals surface area (Å²) < 4.78 is 2.10. The molecule has 3 aromatic heterocycles. The van der Waals surface area contributed by atoms with Crippen LogP contribution in [0.25, 0.3) is 33.5 Å². The summed E-state index contributed by atoms with van der Waals surface area (Å²) in [7, 11) is 2.17. The van der Waals surface area contributed by atoms with Gasteiger partial charge in [0.2, 0.25) is 0 Å². The number of benzene rings is 1. The van der Waals surface area contributed by atoms with Gasteiger partial charge in [0.25, 0.3) is 0 Å². The fourth-order valence-electron chi connectivity index (χ4n) is 3.85. The van der Waals surface area contributed by atoms with Crippen molar-refractivity contribution in [1.82, 2.24) is 29.6 Å². The number of anilines is 1. The van der Waals surface area contributed by atoms with Crippen molar-refractivity contribution in [2.24, 2.45) is 0 Å². The van der Waals surface area contributed by atoms with E-state index in [4.69, 9.17) is 5.73 Å². The molecule has 1 aliphatic heterocycles. The lowest BCUT2D eigenvalue weighted by Gasteiger charge is -2.28. The monoisotopic (exact) mass is 373 g/mol. The van der Waals surface area contributed by atoms with E-state index in [1.807, 2.05) is 36.5 Å². The van der Waals surface area contributed by atoms with Crippen LogP contribution in [0.15, 0.2) is 48.9 Å². The zero-order valence-corrected chi connectivity index (χ0v) is 15.8. The minimum absolute atomic E-state index is 0.460. The molecule has 7 heteroatoms. The summed E-state index contributed by atoms with van der Waals surface area (Å²) in [5, 5.41) is 4.62. The summed E-state index contributed by atoms with van der Waals surface area (Å²) in [6, 6.07) is 10.4. The van der Waals surface area contributed by atoms with E-state index >= 15 is 0 Å². The third kappa shape index (κ3) is 3.03. The number of nitrogens with zero attached hydrogens (tertiary/aromatic N) is 5. The van der Waals surface area contributed by atoms with E-state index in [9.17, 15) is 0 Å². The van der Waals surface area contributed by atoms with E-state index in [2.05, 4.69) is 42.9 Å². The van der Waals surface area contributed by atoms with E-state index in [0.717, 1.165) is 59.5 Å². The van der Waals surface area contributed by atoms with Crippen LogP contribution in [0.5, 0.6) is 0 Å². The molecule has 3 N–H and O–H groups in total. The summed E-state index contributed by atoms with van der Waals surface area (Å²) in [6.07, 6.45) is 8.08. The Hall–Kier alpha value is -3.19. The molecule has 0 unspecified atom stereocenters. The molecule has 28 heavy (non-hydrogen) atoms. The molecule has 0 saturated carbocycles. The van der Waals surface area contributed by atoms with Crippen LogP contribution in [0.1, 0.15) is 18.9 Å². The van der Waals surface area contributed by atoms with Crippen LogP contribution in [0.2, 0.25) is 0 Å². The third-order valence-corrected chi connectivity index (χ3v) is 5.56. The Morgan fingerprint density at radius 1 is 1.11 bits per heavy atom. The number of nitrogen functional groups attached to an aromatic ring is 1. The number of nitrogens with two attached hydrogens (primary N) is 1. The molecule has 0 atom stereocenters. The highest BCUT2D eigenvalue weighted by atomic mass is 15.3. The summed E-state index contributed by atoms with van der Waals surface area (Å²) in [4.78, 5) is 14.8. The highest BCUT2D eigenvalue weighted by Gasteiger charge is 2.19. The second-order valence-electron chi connectivity index (χ2n) is 7.50. The van der Waals surface area contributed by atoms with Crippen molar-refractivity contribution in [3.8, 4) is 22.5 Å². The zero-order valence-electron chi connectivity index (χ0n) is 15.8. The Bertz CT molecular complexity index is 1090. The van der Waals surface area contributed by atoms with Gasteiger partial charge < -0.3 is 15.6 Å². The number of imidazole rings is 1. The van der Waals surface area contributed by atoms with Crippen molar-refractivity contribution in [2.75, 3.05) is 25.9 Å². The van der Waals surface area contributed by atoms with E-state index in [-0.39, 0.29) is 0 Å². The van der Waals surface area contributed by atoms with Crippen LogP contribution >= 0.6 is 0 Å². The molecule has 0 aliphatic carbocycles. The highest BCUT2D eigenvalue weighted by Crippen LogP contribution is 2.30. The van der Waals surface area contributed by atoms with Crippen molar-refractivity contribution in [2.45, 2.75) is 18.9 Å². The van der Waals surface area contributed by atoms with Gasteiger partial charge in [-0.1, -0.05) is 12.1 Å². The number of aromatic nitrogens is 5. The fourth-order valence-corrected chi connectivity index (χ4v) is 3.85. The topological polar surface area (TPSA) is 88.6 Å². The molecule has 142 valence electrons. The molecule has 1 aromatic carbocycles. The first-order chi connectivity index (χ1) is 13.7. The number of hydrogen-bond acceptors (Lipinski definition) is 5. The van der Waals surface area contributed by atoms with Gasteiger partial charge in [-0.05, 0) is 51.2 Å². The van der Waals surface area contributed by atoms with Crippen molar-refractivity contribution in [3.05, 3.63) is 48.9 Å². The second-order valence-corrected chi connectivity index (χ2v) is 7.50. The van der Waals surface area contributed by atoms with E-state index < -0.39 is 0 Å². The van der Waals surface area contributed by atoms with E-state index in [1.165, 1.54) is 0 Å². The normalized spacial score (nSPS) is 16.0. The van der Waals surface area contributed by atoms with Crippen molar-refractivity contribution < 1.29 is 0 Å². The minimum atomic E-state index is 0.460. The van der Waals surface area contributed by atoms with Gasteiger partial charge in [-0.2, -0.15) is 5.10 Å². The van der Waals surface area contributed by atoms with Crippen LogP contribution in [0.4, 0.5) is 5.82 Å². The lowest BCUT2D eigenvalue weighted by atomic mass is 10.1. The standard InChI is InChI=1S/C21H23N7/c1-27-8-6-16(7-9-27)28-13-15(12-24-28)14-10-17(20(22)23-11-14)21-25-18-4-2-3-5-19(18)26-21/h2-5,10-13,16H,6-9H2,1H3,(H2,22,23)(H,25,26). The fraction of sp³-hybridized carbons (Fsp3) is 0.286. The van der Waals surface area contributed by atoms with Crippen molar-refractivity contribution in [1.29, 1.82) is 0 Å². The molecule has 0 amide bonds. The Balaban J connectivity index is 1.47. The van der Waals surface area contributed by atoms with Crippen molar-refractivity contribution in [3.63, 3.8) is 0 Å². The van der Waals surface area contributed by atoms with Crippen LogP contribution in [-0.4, -0.2) is 49.8 Å². The maximum atomic E-state index is 6.16. The van der Waals surface area contributed by atoms with Crippen LogP contribution in [-0.2, 0) is 0 Å². The van der Waals surface area contributed by atoms with Gasteiger partial charge in [0.05, 0.1) is 28.8 Å². The predicted molar refractivity (Wildman–Crippen MR) is 111 cm³/mol. The number of likely N-dealkylation sites (tertiary alicyclic amines) is 1. The number of nitrogens with one attached hydrogen (secondary N) is 1. The summed E-state index contributed by atoms with van der Waals surface area (Å²) in [5.41, 5.74) is 10.9. The molecule has 0 bridgehead atoms. The molecule has 1 aliphatic rings. The van der Waals surface area contributed by atoms with Crippen LogP contribution < -0.4 is 5.73 Å². The van der Waals surface area contributed by atoms with Gasteiger partial charge in [-0.15, -0.1) is 0 Å². The van der Waals surface area contributed by atoms with Gasteiger partial charge in [-0.25, -0.2) is 9.97 Å². The largest absolute Gasteiger partial charge is 0.383 e. The van der Waals surface area contributed by atoms with Gasteiger partial charge in [-0.3, -0.25) is 4.68 Å². The van der Waals surface area contributed by atoms with E-state index in [0.29, 0.717) is 11.9 Å². The smallest absolute Gasteiger partial charge is 0.142 e. The number of pyridine rings is 1. The lowest BCUT2D eigenvalue weighted by molar-refractivity contribution is 0.212.